The minimum atomic E-state index is -4.44. The number of nitrogens with one attached hydrogen (secondary N) is 3. The topological polar surface area (TPSA) is 65.1 Å². The first-order valence-electron chi connectivity index (χ1n) is 8.66. The Morgan fingerprint density at radius 1 is 1.29 bits per heavy atom. The summed E-state index contributed by atoms with van der Waals surface area (Å²) in [5.74, 6) is 0.190. The molecule has 0 radical (unpaired) electrons. The van der Waals surface area contributed by atoms with Crippen LogP contribution in [-0.2, 0) is 19.1 Å². The normalized spacial score (nSPS) is 12.5. The van der Waals surface area contributed by atoms with Crippen LogP contribution < -0.4 is 10.6 Å². The molecule has 2 aromatic heterocycles. The Labute approximate surface area is 162 Å². The van der Waals surface area contributed by atoms with Crippen LogP contribution in [0.15, 0.2) is 34.8 Å². The van der Waals surface area contributed by atoms with Crippen molar-refractivity contribution in [2.24, 2.45) is 4.99 Å². The molecule has 0 aliphatic heterocycles. The highest BCUT2D eigenvalue weighted by molar-refractivity contribution is 7.09. The first-order chi connectivity index (χ1) is 13.4. The van der Waals surface area contributed by atoms with Crippen molar-refractivity contribution in [3.05, 3.63) is 51.9 Å². The summed E-state index contributed by atoms with van der Waals surface area (Å²) in [4.78, 5) is 11.0. The summed E-state index contributed by atoms with van der Waals surface area (Å²) >= 11 is 0.928. The predicted molar refractivity (Wildman–Crippen MR) is 102 cm³/mol. The molecule has 0 atom stereocenters. The van der Waals surface area contributed by atoms with Crippen molar-refractivity contribution in [1.82, 2.24) is 20.6 Å². The Kier molecular flexibility index (Phi) is 6.18. The number of hydrogen-bond donors (Lipinski definition) is 3. The summed E-state index contributed by atoms with van der Waals surface area (Å²) in [7, 11) is 0. The van der Waals surface area contributed by atoms with E-state index in [0.717, 1.165) is 33.2 Å². The predicted octanol–water partition coefficient (Wildman–Crippen LogP) is 4.08. The number of H-pyrrole nitrogens is 1. The monoisotopic (exact) mass is 413 g/mol. The Balaban J connectivity index is 1.60. The van der Waals surface area contributed by atoms with Crippen molar-refractivity contribution < 1.29 is 17.6 Å². The van der Waals surface area contributed by atoms with E-state index in [1.54, 1.807) is 6.07 Å². The first kappa shape index (κ1) is 20.1. The summed E-state index contributed by atoms with van der Waals surface area (Å²) in [6, 6.07) is 4.58. The van der Waals surface area contributed by atoms with Crippen LogP contribution in [0, 0.1) is 5.82 Å². The lowest BCUT2D eigenvalue weighted by Gasteiger charge is -2.10. The van der Waals surface area contributed by atoms with Gasteiger partial charge in [0.2, 0.25) is 0 Å². The van der Waals surface area contributed by atoms with E-state index in [1.807, 2.05) is 13.1 Å². The number of rotatable bonds is 6. The fourth-order valence-electron chi connectivity index (χ4n) is 2.68. The van der Waals surface area contributed by atoms with E-state index in [2.05, 4.69) is 25.6 Å². The molecule has 0 saturated heterocycles. The third-order valence-corrected chi connectivity index (χ3v) is 4.81. The van der Waals surface area contributed by atoms with E-state index in [-0.39, 0.29) is 17.4 Å². The van der Waals surface area contributed by atoms with E-state index in [1.165, 1.54) is 12.1 Å². The summed E-state index contributed by atoms with van der Waals surface area (Å²) in [6.45, 7) is 3.08. The van der Waals surface area contributed by atoms with Gasteiger partial charge >= 0.3 is 6.18 Å². The summed E-state index contributed by atoms with van der Waals surface area (Å²) in [6.07, 6.45) is -1.98. The maximum Gasteiger partial charge on any atom is 0.434 e. The van der Waals surface area contributed by atoms with Crippen molar-refractivity contribution >= 4 is 28.2 Å². The summed E-state index contributed by atoms with van der Waals surface area (Å²) in [5.41, 5.74) is 0.932. The number of hydrogen-bond acceptors (Lipinski definition) is 3. The van der Waals surface area contributed by atoms with Gasteiger partial charge in [-0.25, -0.2) is 14.4 Å². The van der Waals surface area contributed by atoms with Crippen molar-refractivity contribution in [3.8, 4) is 0 Å². The van der Waals surface area contributed by atoms with Gasteiger partial charge in [0.25, 0.3) is 0 Å². The second-order valence-corrected chi connectivity index (χ2v) is 6.94. The minimum absolute atomic E-state index is 0.0500. The van der Waals surface area contributed by atoms with Gasteiger partial charge in [-0.05, 0) is 37.1 Å². The van der Waals surface area contributed by atoms with Crippen LogP contribution in [0.3, 0.4) is 0 Å². The lowest BCUT2D eigenvalue weighted by molar-refractivity contribution is -0.140. The van der Waals surface area contributed by atoms with Crippen LogP contribution in [0.5, 0.6) is 0 Å². The number of aliphatic imine (C=N–C) groups is 1. The molecule has 1 aromatic carbocycles. The largest absolute Gasteiger partial charge is 0.434 e. The van der Waals surface area contributed by atoms with Crippen molar-refractivity contribution in [2.75, 3.05) is 13.1 Å². The first-order valence-corrected chi connectivity index (χ1v) is 9.54. The van der Waals surface area contributed by atoms with E-state index in [0.29, 0.717) is 25.5 Å². The summed E-state index contributed by atoms with van der Waals surface area (Å²) in [5, 5.41) is 8.27. The second-order valence-electron chi connectivity index (χ2n) is 6.00. The molecule has 0 aliphatic rings. The van der Waals surface area contributed by atoms with Crippen LogP contribution in [0.25, 0.3) is 10.9 Å². The zero-order valence-corrected chi connectivity index (χ0v) is 15.8. The van der Waals surface area contributed by atoms with E-state index >= 15 is 0 Å². The molecule has 0 bridgehead atoms. The average Bonchev–Trinajstić information content (AvgIpc) is 3.26. The van der Waals surface area contributed by atoms with Crippen LogP contribution in [-0.4, -0.2) is 29.0 Å². The molecular weight excluding hydrogens is 394 g/mol. The van der Waals surface area contributed by atoms with Gasteiger partial charge in [0.05, 0.1) is 6.54 Å². The molecular formula is C18H19F4N5S. The number of thiazole rings is 1. The molecule has 0 spiro atoms. The fraction of sp³-hybridized carbons (Fsp3) is 0.333. The smallest absolute Gasteiger partial charge is 0.361 e. The quantitative estimate of drug-likeness (QED) is 0.324. The zero-order valence-electron chi connectivity index (χ0n) is 15.0. The van der Waals surface area contributed by atoms with Gasteiger partial charge in [-0.3, -0.25) is 0 Å². The van der Waals surface area contributed by atoms with Crippen molar-refractivity contribution in [3.63, 3.8) is 0 Å². The van der Waals surface area contributed by atoms with E-state index < -0.39 is 11.9 Å². The number of fused-ring (bicyclic) bond motifs is 1. The molecule has 0 amide bonds. The average molecular weight is 413 g/mol. The SMILES string of the molecule is CCNC(=NCc1nc(C(F)(F)F)cs1)NCCc1c[nH]c2ccc(F)cc12. The van der Waals surface area contributed by atoms with Gasteiger partial charge < -0.3 is 15.6 Å². The number of benzene rings is 1. The molecule has 150 valence electrons. The molecule has 0 aliphatic carbocycles. The molecule has 0 fully saturated rings. The van der Waals surface area contributed by atoms with Crippen LogP contribution in [0.1, 0.15) is 23.2 Å². The molecule has 3 aromatic rings. The highest BCUT2D eigenvalue weighted by atomic mass is 32.1. The Morgan fingerprint density at radius 3 is 2.82 bits per heavy atom. The number of aromatic amines is 1. The molecule has 0 unspecified atom stereocenters. The molecule has 5 nitrogen and oxygen atoms in total. The second kappa shape index (κ2) is 8.59. The van der Waals surface area contributed by atoms with E-state index in [4.69, 9.17) is 0 Å². The molecule has 3 N–H and O–H groups in total. The Hall–Kier alpha value is -2.62. The number of halogens is 4. The van der Waals surface area contributed by atoms with Crippen molar-refractivity contribution in [2.45, 2.75) is 26.1 Å². The molecule has 28 heavy (non-hydrogen) atoms. The maximum atomic E-state index is 13.4. The highest BCUT2D eigenvalue weighted by Crippen LogP contribution is 2.30. The number of guanidine groups is 1. The van der Waals surface area contributed by atoms with Crippen LogP contribution >= 0.6 is 11.3 Å². The molecule has 0 saturated carbocycles. The number of aromatic nitrogens is 2. The molecule has 2 heterocycles. The summed E-state index contributed by atoms with van der Waals surface area (Å²) < 4.78 is 51.3. The lowest BCUT2D eigenvalue weighted by Crippen LogP contribution is -2.38. The third kappa shape index (κ3) is 5.00. The lowest BCUT2D eigenvalue weighted by atomic mass is 10.1. The van der Waals surface area contributed by atoms with Gasteiger partial charge in [0.1, 0.15) is 10.8 Å². The van der Waals surface area contributed by atoms with Gasteiger partial charge in [0.15, 0.2) is 11.7 Å². The van der Waals surface area contributed by atoms with Gasteiger partial charge in [-0.2, -0.15) is 13.2 Å². The van der Waals surface area contributed by atoms with Crippen LogP contribution in [0.2, 0.25) is 0 Å². The Bertz CT molecular complexity index is 960. The Morgan fingerprint density at radius 2 is 2.11 bits per heavy atom. The van der Waals surface area contributed by atoms with E-state index in [9.17, 15) is 17.6 Å². The van der Waals surface area contributed by atoms with Gasteiger partial charge in [-0.15, -0.1) is 11.3 Å². The van der Waals surface area contributed by atoms with Crippen molar-refractivity contribution in [1.29, 1.82) is 0 Å². The molecule has 10 heteroatoms. The zero-order chi connectivity index (χ0) is 20.1. The minimum Gasteiger partial charge on any atom is -0.361 e. The third-order valence-electron chi connectivity index (χ3n) is 3.98. The molecule has 3 rings (SSSR count). The number of alkyl halides is 3. The highest BCUT2D eigenvalue weighted by Gasteiger charge is 2.33. The van der Waals surface area contributed by atoms with Crippen LogP contribution in [0.4, 0.5) is 17.6 Å². The van der Waals surface area contributed by atoms with Gasteiger partial charge in [-0.1, -0.05) is 0 Å². The fourth-order valence-corrected chi connectivity index (χ4v) is 3.40. The number of nitrogens with zero attached hydrogens (tertiary/aromatic N) is 2. The standard InChI is InChI=1S/C18H19F4N5S/c1-2-23-17(26-9-16-27-15(10-28-16)18(20,21)22)24-6-5-11-8-25-14-4-3-12(19)7-13(11)14/h3-4,7-8,10,25H,2,5-6,9H2,1H3,(H2,23,24,26). The maximum absolute atomic E-state index is 13.4. The van der Waals surface area contributed by atoms with Gasteiger partial charge in [0, 0.05) is 35.6 Å².